The maximum Gasteiger partial charge on any atom is 0.274 e. The van der Waals surface area contributed by atoms with Crippen LogP contribution in [0.1, 0.15) is 52.1 Å². The second kappa shape index (κ2) is 16.4. The number of aromatic nitrogens is 5. The van der Waals surface area contributed by atoms with Gasteiger partial charge < -0.3 is 34.0 Å². The fourth-order valence-corrected chi connectivity index (χ4v) is 9.18. The number of ether oxygens (including phenoxy) is 2. The van der Waals surface area contributed by atoms with Gasteiger partial charge in [0.1, 0.15) is 51.1 Å². The Kier molecular flexibility index (Phi) is 10.5. The third kappa shape index (κ3) is 7.23. The molecule has 320 valence electrons. The number of aromatic amines is 1. The van der Waals surface area contributed by atoms with Crippen molar-refractivity contribution in [1.82, 2.24) is 34.7 Å². The molecule has 64 heavy (non-hydrogen) atoms. The van der Waals surface area contributed by atoms with Crippen molar-refractivity contribution in [2.75, 3.05) is 32.6 Å². The second-order valence-corrected chi connectivity index (χ2v) is 16.4. The topological polar surface area (TPSA) is 169 Å². The number of rotatable bonds is 9. The van der Waals surface area contributed by atoms with Crippen LogP contribution in [0.5, 0.6) is 11.5 Å². The number of pyridine rings is 2. The number of anilines is 1. The summed E-state index contributed by atoms with van der Waals surface area (Å²) in [6.45, 7) is 5.13. The van der Waals surface area contributed by atoms with Crippen molar-refractivity contribution in [3.05, 3.63) is 137 Å². The summed E-state index contributed by atoms with van der Waals surface area (Å²) in [7, 11) is 3.12. The van der Waals surface area contributed by atoms with E-state index >= 15 is 0 Å². The molecule has 10 rings (SSSR count). The van der Waals surface area contributed by atoms with Gasteiger partial charge in [-0.3, -0.25) is 14.4 Å². The second-order valence-electron chi connectivity index (χ2n) is 15.6. The summed E-state index contributed by atoms with van der Waals surface area (Å²) in [6.07, 6.45) is 3.38. The molecular formula is C48H38Cl2N8O6. The van der Waals surface area contributed by atoms with Crippen LogP contribution in [0.15, 0.2) is 114 Å². The maximum atomic E-state index is 14.2. The van der Waals surface area contributed by atoms with Crippen molar-refractivity contribution in [2.24, 2.45) is 0 Å². The predicted molar refractivity (Wildman–Crippen MR) is 244 cm³/mol. The number of fused-ring (bicyclic) bond motifs is 3. The standard InChI is InChI=1S/C48H38Cl2N8O6/c1-25-17-19-58(48(61)42-30-11-6-14-37(63-3)32(30)23-40(50)56-42)43(25)44-53-33-16-15-26(21-34(33)54-44)38-24-51-46(64-38)27-8-4-9-28(20-27)52-45(59)35-12-7-18-57(35)47(60)41-29-10-5-13-36(62-2)31(29)22-39(49)55-41/h4-6,8-11,13-16,20-24,35,43H,1,7,12,17-19H2,2-3H3,(H,52,59)(H,53,54). The van der Waals surface area contributed by atoms with Crippen molar-refractivity contribution >= 4 is 79.2 Å². The van der Waals surface area contributed by atoms with Crippen LogP contribution in [0.25, 0.3) is 55.4 Å². The third-order valence-electron chi connectivity index (χ3n) is 11.8. The zero-order valence-electron chi connectivity index (χ0n) is 34.5. The summed E-state index contributed by atoms with van der Waals surface area (Å²) in [6, 6.07) is 25.8. The highest BCUT2D eigenvalue weighted by Gasteiger charge is 2.38. The molecule has 0 spiro atoms. The van der Waals surface area contributed by atoms with Crippen LogP contribution in [0.3, 0.4) is 0 Å². The van der Waals surface area contributed by atoms with Gasteiger partial charge in [0.05, 0.1) is 31.4 Å². The average molecular weight is 894 g/mol. The van der Waals surface area contributed by atoms with Crippen molar-refractivity contribution < 1.29 is 28.3 Å². The minimum Gasteiger partial charge on any atom is -0.496 e. The van der Waals surface area contributed by atoms with Crippen LogP contribution in [-0.4, -0.2) is 85.8 Å². The minimum absolute atomic E-state index is 0.153. The molecular weight excluding hydrogens is 855 g/mol. The Balaban J connectivity index is 0.860. The first kappa shape index (κ1) is 40.8. The molecule has 8 aromatic rings. The van der Waals surface area contributed by atoms with E-state index < -0.39 is 12.1 Å². The molecule has 2 unspecified atom stereocenters. The first-order valence-electron chi connectivity index (χ1n) is 20.5. The number of nitrogens with zero attached hydrogens (tertiary/aromatic N) is 6. The highest BCUT2D eigenvalue weighted by Crippen LogP contribution is 2.39. The number of oxazole rings is 1. The van der Waals surface area contributed by atoms with E-state index in [4.69, 9.17) is 42.1 Å². The van der Waals surface area contributed by atoms with Gasteiger partial charge in [-0.05, 0) is 85.5 Å². The van der Waals surface area contributed by atoms with Gasteiger partial charge in [-0.2, -0.15) is 0 Å². The molecule has 6 heterocycles. The summed E-state index contributed by atoms with van der Waals surface area (Å²) >= 11 is 12.8. The molecule has 0 bridgehead atoms. The van der Waals surface area contributed by atoms with E-state index in [0.29, 0.717) is 99.6 Å². The van der Waals surface area contributed by atoms with Crippen LogP contribution in [0.4, 0.5) is 5.69 Å². The van der Waals surface area contributed by atoms with E-state index in [0.717, 1.165) is 16.7 Å². The Morgan fingerprint density at radius 3 is 2.14 bits per heavy atom. The molecule has 2 aliphatic rings. The van der Waals surface area contributed by atoms with Gasteiger partial charge in [-0.15, -0.1) is 0 Å². The molecule has 14 nitrogen and oxygen atoms in total. The number of imidazole rings is 1. The molecule has 2 saturated heterocycles. The van der Waals surface area contributed by atoms with Crippen molar-refractivity contribution in [3.8, 4) is 34.3 Å². The lowest BCUT2D eigenvalue weighted by molar-refractivity contribution is -0.119. The SMILES string of the molecule is C=C1CCN(C(=O)c2nc(Cl)cc3c(OC)cccc23)C1c1nc2ccc(-c3cnc(-c4cccc(NC(=O)C5CCCN5C(=O)c5nc(Cl)cc6c(OC)cccc56)c4)o3)cc2[nH]1. The largest absolute Gasteiger partial charge is 0.496 e. The highest BCUT2D eigenvalue weighted by atomic mass is 35.5. The van der Waals surface area contributed by atoms with Crippen LogP contribution < -0.4 is 14.8 Å². The molecule has 4 aromatic carbocycles. The summed E-state index contributed by atoms with van der Waals surface area (Å²) < 4.78 is 17.3. The van der Waals surface area contributed by atoms with E-state index in [1.54, 1.807) is 78.7 Å². The first-order chi connectivity index (χ1) is 31.1. The minimum atomic E-state index is -0.718. The fraction of sp³-hybridized carbons (Fsp3) is 0.188. The highest BCUT2D eigenvalue weighted by molar-refractivity contribution is 6.31. The molecule has 16 heteroatoms. The summed E-state index contributed by atoms with van der Waals surface area (Å²) in [5, 5.41) is 5.91. The van der Waals surface area contributed by atoms with Gasteiger partial charge in [0.15, 0.2) is 5.76 Å². The molecule has 2 fully saturated rings. The van der Waals surface area contributed by atoms with Crippen LogP contribution in [0, 0.1) is 0 Å². The van der Waals surface area contributed by atoms with E-state index in [1.165, 1.54) is 0 Å². The number of halogens is 2. The molecule has 2 N–H and O–H groups in total. The number of benzene rings is 4. The number of hydrogen-bond acceptors (Lipinski definition) is 10. The number of nitrogens with one attached hydrogen (secondary N) is 2. The van der Waals surface area contributed by atoms with Gasteiger partial charge in [0.2, 0.25) is 11.8 Å². The maximum absolute atomic E-state index is 14.2. The van der Waals surface area contributed by atoms with Gasteiger partial charge >= 0.3 is 0 Å². The number of carbonyl (C=O) groups is 3. The first-order valence-corrected chi connectivity index (χ1v) is 21.3. The zero-order valence-corrected chi connectivity index (χ0v) is 36.0. The molecule has 3 amide bonds. The van der Waals surface area contributed by atoms with Crippen LogP contribution in [0.2, 0.25) is 10.3 Å². The number of amides is 3. The Bertz CT molecular complexity index is 3220. The van der Waals surface area contributed by atoms with Crippen LogP contribution in [-0.2, 0) is 4.79 Å². The predicted octanol–water partition coefficient (Wildman–Crippen LogP) is 9.69. The van der Waals surface area contributed by atoms with E-state index in [9.17, 15) is 14.4 Å². The molecule has 0 aliphatic carbocycles. The third-order valence-corrected chi connectivity index (χ3v) is 12.2. The quantitative estimate of drug-likeness (QED) is 0.105. The summed E-state index contributed by atoms with van der Waals surface area (Å²) in [4.78, 5) is 66.9. The smallest absolute Gasteiger partial charge is 0.274 e. The Labute approximate surface area is 375 Å². The lowest BCUT2D eigenvalue weighted by Crippen LogP contribution is -2.43. The monoisotopic (exact) mass is 892 g/mol. The average Bonchev–Trinajstić information content (AvgIpc) is 4.14. The van der Waals surface area contributed by atoms with Gasteiger partial charge in [0.25, 0.3) is 11.8 Å². The lowest BCUT2D eigenvalue weighted by atomic mass is 10.1. The number of carbonyl (C=O) groups excluding carboxylic acids is 3. The van der Waals surface area contributed by atoms with Crippen molar-refractivity contribution in [1.29, 1.82) is 0 Å². The Hall–Kier alpha value is -7.29. The van der Waals surface area contributed by atoms with Gasteiger partial charge in [0, 0.05) is 51.4 Å². The summed E-state index contributed by atoms with van der Waals surface area (Å²) in [5.41, 5.74) is 4.57. The normalized spacial score (nSPS) is 16.3. The number of methoxy groups -OCH3 is 2. The zero-order chi connectivity index (χ0) is 44.2. The van der Waals surface area contributed by atoms with Gasteiger partial charge in [-0.25, -0.2) is 19.9 Å². The number of hydrogen-bond donors (Lipinski definition) is 2. The number of H-pyrrole nitrogens is 1. The molecule has 0 saturated carbocycles. The lowest BCUT2D eigenvalue weighted by Gasteiger charge is -2.24. The van der Waals surface area contributed by atoms with Crippen molar-refractivity contribution in [2.45, 2.75) is 31.3 Å². The molecule has 2 atom stereocenters. The van der Waals surface area contributed by atoms with Gasteiger partial charge in [-0.1, -0.05) is 60.1 Å². The van der Waals surface area contributed by atoms with Crippen LogP contribution >= 0.6 is 23.2 Å². The summed E-state index contributed by atoms with van der Waals surface area (Å²) in [5.74, 6) is 1.60. The molecule has 0 radical (unpaired) electrons. The molecule has 4 aromatic heterocycles. The van der Waals surface area contributed by atoms with E-state index in [1.807, 2.05) is 42.5 Å². The molecule has 2 aliphatic heterocycles. The Morgan fingerprint density at radius 2 is 1.45 bits per heavy atom. The fourth-order valence-electron chi connectivity index (χ4n) is 8.79. The number of likely N-dealkylation sites (tertiary alicyclic amines) is 2. The Morgan fingerprint density at radius 1 is 0.781 bits per heavy atom. The van der Waals surface area contributed by atoms with E-state index in [2.05, 4.69) is 31.8 Å². The van der Waals surface area contributed by atoms with Crippen molar-refractivity contribution in [3.63, 3.8) is 0 Å². The van der Waals surface area contributed by atoms with E-state index in [-0.39, 0.29) is 39.4 Å².